The van der Waals surface area contributed by atoms with Gasteiger partial charge < -0.3 is 16.0 Å². The van der Waals surface area contributed by atoms with Crippen LogP contribution in [0.15, 0.2) is 24.5 Å². The van der Waals surface area contributed by atoms with Crippen LogP contribution >= 0.6 is 23.2 Å². The van der Waals surface area contributed by atoms with E-state index in [-0.39, 0.29) is 35.9 Å². The molecule has 1 aromatic carbocycles. The number of hydrogen-bond donors (Lipinski definition) is 2. The molecule has 3 heterocycles. The molecule has 0 saturated carbocycles. The number of nitrogens with zero attached hydrogens (tertiary/aromatic N) is 4. The largest absolute Gasteiger partial charge is 0.381 e. The maximum absolute atomic E-state index is 14.5. The topological polar surface area (TPSA) is 104 Å². The summed E-state index contributed by atoms with van der Waals surface area (Å²) in [5.41, 5.74) is 6.19. The van der Waals surface area contributed by atoms with E-state index in [0.29, 0.717) is 41.5 Å². The van der Waals surface area contributed by atoms with Crippen molar-refractivity contribution >= 4 is 52.3 Å². The van der Waals surface area contributed by atoms with E-state index in [1.807, 2.05) is 6.92 Å². The lowest BCUT2D eigenvalue weighted by Crippen LogP contribution is -2.62. The first-order valence-electron chi connectivity index (χ1n) is 10.4. The predicted octanol–water partition coefficient (Wildman–Crippen LogP) is 3.35. The smallest absolute Gasteiger partial charge is 0.251 e. The molecular weight excluding hydrogens is 458 g/mol. The van der Waals surface area contributed by atoms with Crippen LogP contribution in [0.25, 0.3) is 0 Å². The number of hydrogen-bond acceptors (Lipinski definition) is 6. The summed E-state index contributed by atoms with van der Waals surface area (Å²) < 4.78 is 14.5. The van der Waals surface area contributed by atoms with E-state index >= 15 is 0 Å². The Morgan fingerprint density at radius 1 is 1.09 bits per heavy atom. The highest BCUT2D eigenvalue weighted by atomic mass is 35.5. The van der Waals surface area contributed by atoms with Crippen LogP contribution in [0.4, 0.5) is 21.7 Å². The number of carbonyl (C=O) groups excluding carboxylic acids is 2. The Morgan fingerprint density at radius 2 is 1.81 bits per heavy atom. The van der Waals surface area contributed by atoms with Crippen molar-refractivity contribution in [2.75, 3.05) is 29.0 Å². The first-order valence-corrected chi connectivity index (χ1v) is 11.1. The molecule has 0 spiro atoms. The number of nitrogens with one attached hydrogen (secondary N) is 1. The molecule has 1 aromatic heterocycles. The number of anilines is 3. The van der Waals surface area contributed by atoms with Crippen molar-refractivity contribution in [1.82, 2.24) is 14.9 Å². The van der Waals surface area contributed by atoms with Crippen molar-refractivity contribution in [3.8, 4) is 0 Å². The van der Waals surface area contributed by atoms with Gasteiger partial charge in [0.25, 0.3) is 5.91 Å². The molecule has 0 radical (unpaired) electrons. The third kappa shape index (κ3) is 4.31. The number of nitrogens with two attached hydrogens (primary N) is 1. The van der Waals surface area contributed by atoms with E-state index in [4.69, 9.17) is 28.9 Å². The standard InChI is InChI=1S/C21H23Cl2FN6O2/c1-11-4-6-30(19-16(24)18(25)26-10-27-19)21(32)17(11)29-5-2-3-15(20(29)31)28-14-8-12(22)7-13(23)9-14/h7-11,15,17,28H,2-6H2,1H3,(H2,25,26,27). The fraction of sp³-hybridized carbons (Fsp3) is 0.429. The summed E-state index contributed by atoms with van der Waals surface area (Å²) in [6.07, 6.45) is 3.03. The Bertz CT molecular complexity index is 1030. The highest BCUT2D eigenvalue weighted by Crippen LogP contribution is 2.32. The molecule has 4 rings (SSSR count). The molecule has 8 nitrogen and oxygen atoms in total. The number of piperidine rings is 2. The Morgan fingerprint density at radius 3 is 2.53 bits per heavy atom. The molecule has 0 bridgehead atoms. The minimum Gasteiger partial charge on any atom is -0.381 e. The van der Waals surface area contributed by atoms with Gasteiger partial charge in [0.15, 0.2) is 11.6 Å². The second kappa shape index (κ2) is 9.07. The van der Waals surface area contributed by atoms with E-state index in [1.165, 1.54) is 4.90 Å². The second-order valence-electron chi connectivity index (χ2n) is 8.13. The lowest BCUT2D eigenvalue weighted by molar-refractivity contribution is -0.145. The van der Waals surface area contributed by atoms with Crippen molar-refractivity contribution < 1.29 is 14.0 Å². The molecule has 2 fully saturated rings. The van der Waals surface area contributed by atoms with Crippen molar-refractivity contribution in [2.45, 2.75) is 38.3 Å². The van der Waals surface area contributed by atoms with Crippen LogP contribution in [0.1, 0.15) is 26.2 Å². The van der Waals surface area contributed by atoms with Gasteiger partial charge >= 0.3 is 0 Å². The van der Waals surface area contributed by atoms with Gasteiger partial charge in [-0.3, -0.25) is 14.5 Å². The van der Waals surface area contributed by atoms with E-state index in [0.717, 1.165) is 6.33 Å². The van der Waals surface area contributed by atoms with Crippen molar-refractivity contribution in [2.24, 2.45) is 5.92 Å². The zero-order chi connectivity index (χ0) is 23.0. The summed E-state index contributed by atoms with van der Waals surface area (Å²) >= 11 is 12.1. The number of carbonyl (C=O) groups is 2. The van der Waals surface area contributed by atoms with Gasteiger partial charge in [0.2, 0.25) is 11.7 Å². The van der Waals surface area contributed by atoms with Crippen molar-refractivity contribution in [1.29, 1.82) is 0 Å². The van der Waals surface area contributed by atoms with Gasteiger partial charge in [-0.25, -0.2) is 9.97 Å². The molecule has 2 aliphatic heterocycles. The highest BCUT2D eigenvalue weighted by molar-refractivity contribution is 6.35. The Kier molecular flexibility index (Phi) is 6.39. The summed E-state index contributed by atoms with van der Waals surface area (Å²) in [6, 6.07) is 3.74. The van der Waals surface area contributed by atoms with Gasteiger partial charge in [0.05, 0.1) is 0 Å². The van der Waals surface area contributed by atoms with Gasteiger partial charge in [-0.2, -0.15) is 4.39 Å². The van der Waals surface area contributed by atoms with Gasteiger partial charge in [-0.05, 0) is 43.4 Å². The molecule has 32 heavy (non-hydrogen) atoms. The molecule has 11 heteroatoms. The molecule has 3 N–H and O–H groups in total. The van der Waals surface area contributed by atoms with Crippen LogP contribution in [0.2, 0.25) is 10.0 Å². The normalized spacial score (nSPS) is 24.1. The molecular formula is C21H23Cl2FN6O2. The number of likely N-dealkylation sites (tertiary alicyclic amines) is 1. The lowest BCUT2D eigenvalue weighted by atomic mass is 9.89. The minimum atomic E-state index is -0.837. The molecule has 3 atom stereocenters. The van der Waals surface area contributed by atoms with Crippen molar-refractivity contribution in [3.63, 3.8) is 0 Å². The molecule has 170 valence electrons. The summed E-state index contributed by atoms with van der Waals surface area (Å²) in [5, 5.41) is 4.10. The highest BCUT2D eigenvalue weighted by Gasteiger charge is 2.44. The Labute approximate surface area is 194 Å². The number of nitrogen functional groups attached to an aromatic ring is 1. The predicted molar refractivity (Wildman–Crippen MR) is 121 cm³/mol. The van der Waals surface area contributed by atoms with Crippen molar-refractivity contribution in [3.05, 3.63) is 40.4 Å². The zero-order valence-corrected chi connectivity index (χ0v) is 18.9. The summed E-state index contributed by atoms with van der Waals surface area (Å²) in [5.74, 6) is -1.98. The molecule has 2 aliphatic rings. The van der Waals surface area contributed by atoms with Crippen LogP contribution in [-0.2, 0) is 9.59 Å². The fourth-order valence-electron chi connectivity index (χ4n) is 4.36. The Balaban J connectivity index is 1.57. The zero-order valence-electron chi connectivity index (χ0n) is 17.4. The molecule has 2 amide bonds. The maximum Gasteiger partial charge on any atom is 0.251 e. The molecule has 0 aliphatic carbocycles. The third-order valence-corrected chi connectivity index (χ3v) is 6.37. The second-order valence-corrected chi connectivity index (χ2v) is 9.00. The number of aromatic nitrogens is 2. The van der Waals surface area contributed by atoms with Gasteiger partial charge in [-0.1, -0.05) is 30.1 Å². The number of rotatable bonds is 4. The van der Waals surface area contributed by atoms with E-state index < -0.39 is 17.9 Å². The van der Waals surface area contributed by atoms with Crippen LogP contribution in [0.5, 0.6) is 0 Å². The number of benzene rings is 1. The van der Waals surface area contributed by atoms with E-state index in [1.54, 1.807) is 23.1 Å². The van der Waals surface area contributed by atoms with E-state index in [9.17, 15) is 14.0 Å². The van der Waals surface area contributed by atoms with E-state index in [2.05, 4.69) is 15.3 Å². The van der Waals surface area contributed by atoms with Crippen LogP contribution in [0, 0.1) is 11.7 Å². The van der Waals surface area contributed by atoms with Crippen LogP contribution in [-0.4, -0.2) is 51.9 Å². The van der Waals surface area contributed by atoms with Gasteiger partial charge in [0, 0.05) is 28.8 Å². The third-order valence-electron chi connectivity index (χ3n) is 5.93. The van der Waals surface area contributed by atoms with Gasteiger partial charge in [0.1, 0.15) is 18.4 Å². The summed E-state index contributed by atoms with van der Waals surface area (Å²) in [6.45, 7) is 2.65. The SMILES string of the molecule is CC1CCN(c2ncnc(N)c2F)C(=O)C1N1CCCC(Nc2cc(Cl)cc(Cl)c2)C1=O. The quantitative estimate of drug-likeness (QED) is 0.694. The summed E-state index contributed by atoms with van der Waals surface area (Å²) in [7, 11) is 0. The first-order chi connectivity index (χ1) is 15.3. The number of halogens is 3. The monoisotopic (exact) mass is 480 g/mol. The van der Waals surface area contributed by atoms with Gasteiger partial charge in [-0.15, -0.1) is 0 Å². The first kappa shape index (κ1) is 22.5. The summed E-state index contributed by atoms with van der Waals surface area (Å²) in [4.78, 5) is 37.2. The average molecular weight is 481 g/mol. The maximum atomic E-state index is 14.5. The average Bonchev–Trinajstić information content (AvgIpc) is 2.72. The fourth-order valence-corrected chi connectivity index (χ4v) is 4.89. The minimum absolute atomic E-state index is 0.0932. The van der Waals surface area contributed by atoms with Crippen LogP contribution < -0.4 is 16.0 Å². The van der Waals surface area contributed by atoms with Crippen LogP contribution in [0.3, 0.4) is 0 Å². The molecule has 2 saturated heterocycles. The lowest BCUT2D eigenvalue weighted by Gasteiger charge is -2.44. The molecule has 3 unspecified atom stereocenters. The number of amides is 2. The molecule has 2 aromatic rings. The Hall–Kier alpha value is -2.65.